The molecule has 3 aromatic carbocycles. The maximum absolute atomic E-state index is 12.6. The number of hydrogen-bond donors (Lipinski definition) is 1. The summed E-state index contributed by atoms with van der Waals surface area (Å²) in [7, 11) is 0.0100. The monoisotopic (exact) mass is 395 g/mol. The molecule has 0 heterocycles. The largest absolute Gasteiger partial charge is 0.467 e. The number of ether oxygens (including phenoxy) is 1. The molecule has 0 aliphatic carbocycles. The van der Waals surface area contributed by atoms with E-state index >= 15 is 0 Å². The zero-order chi connectivity index (χ0) is 19.9. The van der Waals surface area contributed by atoms with Gasteiger partial charge < -0.3 is 10.1 Å². The molecule has 3 aromatic rings. The number of amides is 1. The van der Waals surface area contributed by atoms with E-state index in [9.17, 15) is 13.8 Å². The number of carbonyl (C=O) groups is 2. The van der Waals surface area contributed by atoms with Gasteiger partial charge in [-0.1, -0.05) is 48.5 Å². The fraction of sp³-hybridized carbons (Fsp3) is 0.182. The van der Waals surface area contributed by atoms with Crippen LogP contribution in [-0.2, 0) is 20.3 Å². The van der Waals surface area contributed by atoms with Gasteiger partial charge in [-0.25, -0.2) is 4.79 Å². The van der Waals surface area contributed by atoms with E-state index in [1.54, 1.807) is 24.3 Å². The zero-order valence-electron chi connectivity index (χ0n) is 15.5. The molecule has 6 heteroatoms. The summed E-state index contributed by atoms with van der Waals surface area (Å²) in [5.74, 6) is -0.687. The maximum Gasteiger partial charge on any atom is 0.328 e. The average Bonchev–Trinajstić information content (AvgIpc) is 2.75. The second kappa shape index (κ2) is 9.28. The molecule has 0 fully saturated rings. The molecule has 5 nitrogen and oxygen atoms in total. The highest BCUT2D eigenvalue weighted by atomic mass is 32.2. The van der Waals surface area contributed by atoms with Gasteiger partial charge in [0.25, 0.3) is 5.91 Å². The first kappa shape index (κ1) is 19.8. The number of nitrogens with one attached hydrogen (secondary N) is 1. The van der Waals surface area contributed by atoms with Gasteiger partial charge in [0, 0.05) is 16.2 Å². The molecule has 144 valence electrons. The van der Waals surface area contributed by atoms with Crippen LogP contribution in [0.1, 0.15) is 16.8 Å². The van der Waals surface area contributed by atoms with Crippen LogP contribution in [0.5, 0.6) is 0 Å². The van der Waals surface area contributed by atoms with Gasteiger partial charge in [0.1, 0.15) is 6.04 Å². The van der Waals surface area contributed by atoms with E-state index in [4.69, 9.17) is 4.74 Å². The molecule has 3 rings (SSSR count). The lowest BCUT2D eigenvalue weighted by Crippen LogP contribution is -2.42. The molecular weight excluding hydrogens is 374 g/mol. The Hall–Kier alpha value is -2.99. The molecule has 0 saturated heterocycles. The first-order chi connectivity index (χ1) is 13.6. The summed E-state index contributed by atoms with van der Waals surface area (Å²) in [5.41, 5.74) is 0.455. The van der Waals surface area contributed by atoms with Crippen molar-refractivity contribution in [3.63, 3.8) is 0 Å². The van der Waals surface area contributed by atoms with E-state index in [0.717, 1.165) is 10.8 Å². The van der Waals surface area contributed by atoms with Crippen molar-refractivity contribution >= 4 is 33.4 Å². The van der Waals surface area contributed by atoms with Crippen molar-refractivity contribution in [1.82, 2.24) is 5.32 Å². The minimum Gasteiger partial charge on any atom is -0.467 e. The molecule has 2 atom stereocenters. The van der Waals surface area contributed by atoms with E-state index in [0.29, 0.717) is 10.5 Å². The van der Waals surface area contributed by atoms with Crippen molar-refractivity contribution in [3.8, 4) is 0 Å². The molecule has 0 aliphatic heterocycles. The number of esters is 1. The van der Waals surface area contributed by atoms with Crippen molar-refractivity contribution in [2.24, 2.45) is 0 Å². The number of hydrogen-bond acceptors (Lipinski definition) is 4. The highest BCUT2D eigenvalue weighted by molar-refractivity contribution is 7.85. The molecule has 0 saturated carbocycles. The second-order valence-electron chi connectivity index (χ2n) is 6.26. The lowest BCUT2D eigenvalue weighted by atomic mass is 10.1. The molecule has 0 aromatic heterocycles. The zero-order valence-corrected chi connectivity index (χ0v) is 16.3. The van der Waals surface area contributed by atoms with Crippen LogP contribution in [0, 0.1) is 0 Å². The van der Waals surface area contributed by atoms with E-state index in [-0.39, 0.29) is 18.1 Å². The Morgan fingerprint density at radius 3 is 2.36 bits per heavy atom. The van der Waals surface area contributed by atoms with Crippen molar-refractivity contribution in [3.05, 3.63) is 78.4 Å². The van der Waals surface area contributed by atoms with E-state index in [2.05, 4.69) is 5.32 Å². The van der Waals surface area contributed by atoms with Crippen LogP contribution in [0.15, 0.2) is 77.7 Å². The second-order valence-corrected chi connectivity index (χ2v) is 7.83. The number of methoxy groups -OCH3 is 1. The Morgan fingerprint density at radius 1 is 0.964 bits per heavy atom. The van der Waals surface area contributed by atoms with Crippen molar-refractivity contribution in [2.45, 2.75) is 17.4 Å². The quantitative estimate of drug-likeness (QED) is 0.623. The number of fused-ring (bicyclic) bond motifs is 1. The van der Waals surface area contributed by atoms with Crippen LogP contribution < -0.4 is 5.32 Å². The first-order valence-electron chi connectivity index (χ1n) is 8.89. The molecule has 0 aliphatic rings. The highest BCUT2D eigenvalue weighted by Crippen LogP contribution is 2.16. The number of benzene rings is 3. The molecule has 0 bridgehead atoms. The third-order valence-corrected chi connectivity index (χ3v) is 5.81. The van der Waals surface area contributed by atoms with Crippen LogP contribution in [-0.4, -0.2) is 35.0 Å². The van der Waals surface area contributed by atoms with Gasteiger partial charge in [0.15, 0.2) is 0 Å². The lowest BCUT2D eigenvalue weighted by molar-refractivity contribution is -0.142. The normalized spacial score (nSPS) is 12.9. The Morgan fingerprint density at radius 2 is 1.64 bits per heavy atom. The summed E-state index contributed by atoms with van der Waals surface area (Å²) in [6.45, 7) is 0. The third-order valence-electron chi connectivity index (χ3n) is 4.40. The Labute approximate surface area is 166 Å². The van der Waals surface area contributed by atoms with Gasteiger partial charge >= 0.3 is 5.97 Å². The minimum atomic E-state index is -1.26. The summed E-state index contributed by atoms with van der Waals surface area (Å²) >= 11 is 0. The van der Waals surface area contributed by atoms with Gasteiger partial charge in [-0.15, -0.1) is 0 Å². The average molecular weight is 395 g/mol. The Bertz CT molecular complexity index is 1000. The van der Waals surface area contributed by atoms with Gasteiger partial charge in [-0.2, -0.15) is 0 Å². The number of carbonyl (C=O) groups excluding carboxylic acids is 2. The summed E-state index contributed by atoms with van der Waals surface area (Å²) < 4.78 is 17.2. The van der Waals surface area contributed by atoms with Gasteiger partial charge in [0.2, 0.25) is 0 Å². The van der Waals surface area contributed by atoms with E-state index < -0.39 is 22.8 Å². The lowest BCUT2D eigenvalue weighted by Gasteiger charge is -2.16. The minimum absolute atomic E-state index is 0.216. The molecular formula is C22H21NO4S. The summed E-state index contributed by atoms with van der Waals surface area (Å²) in [6, 6.07) is 21.2. The SMILES string of the molecule is COC(=O)[C@H](CC[S@@](=O)c1ccccc1)NC(=O)c1ccc2ccccc2c1. The molecule has 0 radical (unpaired) electrons. The fourth-order valence-electron chi connectivity index (χ4n) is 2.88. The molecule has 0 unspecified atom stereocenters. The van der Waals surface area contributed by atoms with Crippen molar-refractivity contribution < 1.29 is 18.5 Å². The first-order valence-corrected chi connectivity index (χ1v) is 10.2. The van der Waals surface area contributed by atoms with Crippen LogP contribution in [0.25, 0.3) is 10.8 Å². The highest BCUT2D eigenvalue weighted by Gasteiger charge is 2.23. The number of rotatable bonds is 7. The maximum atomic E-state index is 12.6. The summed E-state index contributed by atoms with van der Waals surface area (Å²) in [6.07, 6.45) is 0.216. The molecule has 1 N–H and O–H groups in total. The van der Waals surface area contributed by atoms with Crippen molar-refractivity contribution in [1.29, 1.82) is 0 Å². The van der Waals surface area contributed by atoms with Gasteiger partial charge in [-0.05, 0) is 41.5 Å². The van der Waals surface area contributed by atoms with Gasteiger partial charge in [-0.3, -0.25) is 9.00 Å². The fourth-order valence-corrected chi connectivity index (χ4v) is 4.02. The van der Waals surface area contributed by atoms with E-state index in [1.807, 2.05) is 48.5 Å². The van der Waals surface area contributed by atoms with Crippen molar-refractivity contribution in [2.75, 3.05) is 12.9 Å². The van der Waals surface area contributed by atoms with Crippen LogP contribution in [0.4, 0.5) is 0 Å². The summed E-state index contributed by atoms with van der Waals surface area (Å²) in [5, 5.41) is 4.68. The van der Waals surface area contributed by atoms with Crippen LogP contribution in [0.2, 0.25) is 0 Å². The Kier molecular flexibility index (Phi) is 6.55. The third kappa shape index (κ3) is 4.84. The molecule has 28 heavy (non-hydrogen) atoms. The van der Waals surface area contributed by atoms with Crippen LogP contribution >= 0.6 is 0 Å². The molecule has 1 amide bonds. The van der Waals surface area contributed by atoms with E-state index in [1.165, 1.54) is 7.11 Å². The molecule has 0 spiro atoms. The van der Waals surface area contributed by atoms with Gasteiger partial charge in [0.05, 0.1) is 17.9 Å². The standard InChI is InChI=1S/C22H21NO4S/c1-27-22(25)20(13-14-28(26)19-9-3-2-4-10-19)23-21(24)18-12-11-16-7-5-6-8-17(16)15-18/h2-12,15,20H,13-14H2,1H3,(H,23,24)/t20-,28+/m0/s1. The topological polar surface area (TPSA) is 72.5 Å². The summed E-state index contributed by atoms with van der Waals surface area (Å²) in [4.78, 5) is 25.4. The predicted octanol–water partition coefficient (Wildman–Crippen LogP) is 3.31. The Balaban J connectivity index is 1.69. The van der Waals surface area contributed by atoms with Crippen LogP contribution in [0.3, 0.4) is 0 Å². The predicted molar refractivity (Wildman–Crippen MR) is 110 cm³/mol. The smallest absolute Gasteiger partial charge is 0.328 e.